The zero-order chi connectivity index (χ0) is 12.1. The van der Waals surface area contributed by atoms with Crippen LogP contribution in [0.15, 0.2) is 42.0 Å². The van der Waals surface area contributed by atoms with Gasteiger partial charge < -0.3 is 5.11 Å². The molecule has 3 rings (SSSR count). The van der Waals surface area contributed by atoms with Gasteiger partial charge in [-0.25, -0.2) is 0 Å². The second-order valence-corrected chi connectivity index (χ2v) is 5.44. The molecule has 2 aliphatic carbocycles. The number of fused-ring (bicyclic) bond motifs is 1. The summed E-state index contributed by atoms with van der Waals surface area (Å²) in [5, 5.41) is 10.6. The average Bonchev–Trinajstić information content (AvgIpc) is 2.53. The Kier molecular flexibility index (Phi) is 2.08. The van der Waals surface area contributed by atoms with Crippen LogP contribution in [0.3, 0.4) is 0 Å². The van der Waals surface area contributed by atoms with E-state index in [0.717, 1.165) is 12.8 Å². The second kappa shape index (κ2) is 3.30. The minimum Gasteiger partial charge on any atom is -0.384 e. The van der Waals surface area contributed by atoms with Crippen LogP contribution in [0.4, 0.5) is 0 Å². The van der Waals surface area contributed by atoms with Crippen LogP contribution in [0.25, 0.3) is 0 Å². The Morgan fingerprint density at radius 3 is 2.47 bits per heavy atom. The fourth-order valence-electron chi connectivity index (χ4n) is 3.04. The molecule has 0 aromatic heterocycles. The zero-order valence-corrected chi connectivity index (χ0v) is 9.94. The Labute approximate surface area is 101 Å². The van der Waals surface area contributed by atoms with Gasteiger partial charge in [-0.15, -0.1) is 0 Å². The van der Waals surface area contributed by atoms with Gasteiger partial charge in [0, 0.05) is 16.6 Å². The van der Waals surface area contributed by atoms with Crippen molar-refractivity contribution in [2.75, 3.05) is 0 Å². The maximum atomic E-state index is 12.4. The molecule has 88 valence electrons. The summed E-state index contributed by atoms with van der Waals surface area (Å²) in [5.41, 5.74) is 0.299. The zero-order valence-electron chi connectivity index (χ0n) is 9.94. The van der Waals surface area contributed by atoms with Gasteiger partial charge >= 0.3 is 0 Å². The van der Waals surface area contributed by atoms with Crippen molar-refractivity contribution in [2.45, 2.75) is 31.8 Å². The largest absolute Gasteiger partial charge is 0.384 e. The van der Waals surface area contributed by atoms with Crippen LogP contribution in [0.2, 0.25) is 0 Å². The van der Waals surface area contributed by atoms with Gasteiger partial charge in [0.25, 0.3) is 0 Å². The van der Waals surface area contributed by atoms with Gasteiger partial charge in [0.2, 0.25) is 0 Å². The van der Waals surface area contributed by atoms with Crippen molar-refractivity contribution in [2.24, 2.45) is 5.41 Å². The Bertz CT molecular complexity index is 503. The summed E-state index contributed by atoms with van der Waals surface area (Å²) in [5.74, 6) is -0.0171. The molecular formula is C15H16O2. The second-order valence-electron chi connectivity index (χ2n) is 5.44. The lowest BCUT2D eigenvalue weighted by molar-refractivity contribution is -0.113. The van der Waals surface area contributed by atoms with Crippen molar-refractivity contribution in [1.29, 1.82) is 0 Å². The number of allylic oxidation sites excluding steroid dienone is 1. The van der Waals surface area contributed by atoms with Gasteiger partial charge in [-0.3, -0.25) is 4.79 Å². The highest BCUT2D eigenvalue weighted by atomic mass is 16.3. The molecule has 0 radical (unpaired) electrons. The first-order valence-electron chi connectivity index (χ1n) is 6.10. The SMILES string of the molecule is C[C@]12CC=C(C(=O)c3ccccc3)[C@@]1(O)CC2. The predicted octanol–water partition coefficient (Wildman–Crippen LogP) is 2.73. The van der Waals surface area contributed by atoms with E-state index in [4.69, 9.17) is 0 Å². The van der Waals surface area contributed by atoms with E-state index in [1.165, 1.54) is 0 Å². The molecule has 1 fully saturated rings. The van der Waals surface area contributed by atoms with E-state index in [0.29, 0.717) is 17.6 Å². The fraction of sp³-hybridized carbons (Fsp3) is 0.400. The molecule has 2 atom stereocenters. The quantitative estimate of drug-likeness (QED) is 0.790. The maximum absolute atomic E-state index is 12.4. The lowest BCUT2D eigenvalue weighted by atomic mass is 9.57. The predicted molar refractivity (Wildman–Crippen MR) is 65.8 cm³/mol. The molecule has 17 heavy (non-hydrogen) atoms. The molecule has 1 N–H and O–H groups in total. The number of carbonyl (C=O) groups excluding carboxylic acids is 1. The Morgan fingerprint density at radius 2 is 1.94 bits per heavy atom. The lowest BCUT2D eigenvalue weighted by Gasteiger charge is -2.51. The van der Waals surface area contributed by atoms with Crippen molar-refractivity contribution in [1.82, 2.24) is 0 Å². The van der Waals surface area contributed by atoms with Crippen molar-refractivity contribution >= 4 is 5.78 Å². The van der Waals surface area contributed by atoms with Crippen molar-refractivity contribution in [3.8, 4) is 0 Å². The third-order valence-electron chi connectivity index (χ3n) is 4.52. The molecule has 0 bridgehead atoms. The van der Waals surface area contributed by atoms with Crippen molar-refractivity contribution < 1.29 is 9.90 Å². The topological polar surface area (TPSA) is 37.3 Å². The monoisotopic (exact) mass is 228 g/mol. The molecule has 2 nitrogen and oxygen atoms in total. The van der Waals surface area contributed by atoms with Gasteiger partial charge in [-0.1, -0.05) is 43.3 Å². The number of rotatable bonds is 2. The van der Waals surface area contributed by atoms with Crippen molar-refractivity contribution in [3.05, 3.63) is 47.5 Å². The molecule has 1 saturated carbocycles. The molecule has 2 heteroatoms. The molecule has 0 aliphatic heterocycles. The summed E-state index contributed by atoms with van der Waals surface area (Å²) in [4.78, 5) is 12.4. The third-order valence-corrected chi connectivity index (χ3v) is 4.52. The Balaban J connectivity index is 1.95. The lowest BCUT2D eigenvalue weighted by Crippen LogP contribution is -2.54. The maximum Gasteiger partial charge on any atom is 0.191 e. The highest BCUT2D eigenvalue weighted by Gasteiger charge is 2.60. The molecule has 0 saturated heterocycles. The summed E-state index contributed by atoms with van der Waals surface area (Å²) in [6, 6.07) is 9.21. The number of ketones is 1. The van der Waals surface area contributed by atoms with E-state index in [-0.39, 0.29) is 11.2 Å². The summed E-state index contributed by atoms with van der Waals surface area (Å²) < 4.78 is 0. The first kappa shape index (κ1) is 10.7. The normalized spacial score (nSPS) is 34.8. The van der Waals surface area contributed by atoms with Crippen LogP contribution >= 0.6 is 0 Å². The van der Waals surface area contributed by atoms with E-state index in [9.17, 15) is 9.90 Å². The van der Waals surface area contributed by atoms with Crippen LogP contribution in [-0.2, 0) is 0 Å². The molecular weight excluding hydrogens is 212 g/mol. The standard InChI is InChI=1S/C15H16O2/c1-14-8-7-12(15(14,17)10-9-14)13(16)11-5-3-2-4-6-11/h2-7,17H,8-10H2,1H3/t14-,15+/m1/s1. The number of aliphatic hydroxyl groups is 1. The fourth-order valence-corrected chi connectivity index (χ4v) is 3.04. The number of hydrogen-bond acceptors (Lipinski definition) is 2. The Hall–Kier alpha value is -1.41. The molecule has 1 aromatic carbocycles. The van der Waals surface area contributed by atoms with Crippen LogP contribution in [0.1, 0.15) is 36.5 Å². The minimum absolute atomic E-state index is 0.0171. The van der Waals surface area contributed by atoms with Gasteiger partial charge in [0.15, 0.2) is 5.78 Å². The van der Waals surface area contributed by atoms with Crippen LogP contribution in [-0.4, -0.2) is 16.5 Å². The molecule has 2 aliphatic rings. The first-order chi connectivity index (χ1) is 8.07. The van der Waals surface area contributed by atoms with E-state index < -0.39 is 5.60 Å². The van der Waals surface area contributed by atoms with Crippen LogP contribution < -0.4 is 0 Å². The minimum atomic E-state index is -0.875. The number of hydrogen-bond donors (Lipinski definition) is 1. The van der Waals surface area contributed by atoms with E-state index in [2.05, 4.69) is 6.92 Å². The van der Waals surface area contributed by atoms with Crippen LogP contribution in [0.5, 0.6) is 0 Å². The van der Waals surface area contributed by atoms with Crippen molar-refractivity contribution in [3.63, 3.8) is 0 Å². The van der Waals surface area contributed by atoms with E-state index in [1.54, 1.807) is 12.1 Å². The molecule has 0 amide bonds. The van der Waals surface area contributed by atoms with Gasteiger partial charge in [-0.2, -0.15) is 0 Å². The summed E-state index contributed by atoms with van der Waals surface area (Å²) in [6.07, 6.45) is 4.47. The smallest absolute Gasteiger partial charge is 0.191 e. The van der Waals surface area contributed by atoms with E-state index in [1.807, 2.05) is 24.3 Å². The first-order valence-corrected chi connectivity index (χ1v) is 6.10. The highest BCUT2D eigenvalue weighted by Crippen LogP contribution is 2.60. The molecule has 0 unspecified atom stereocenters. The molecule has 0 heterocycles. The third kappa shape index (κ3) is 1.27. The van der Waals surface area contributed by atoms with Crippen LogP contribution in [0, 0.1) is 5.41 Å². The average molecular weight is 228 g/mol. The summed E-state index contributed by atoms with van der Waals surface area (Å²) in [7, 11) is 0. The summed E-state index contributed by atoms with van der Waals surface area (Å²) >= 11 is 0. The van der Waals surface area contributed by atoms with Gasteiger partial charge in [-0.05, 0) is 19.3 Å². The number of Topliss-reactive ketones (excluding diaryl/α,β-unsaturated/α-hetero) is 1. The Morgan fingerprint density at radius 1 is 1.24 bits per heavy atom. The number of carbonyl (C=O) groups is 1. The number of benzene rings is 1. The highest BCUT2D eigenvalue weighted by molar-refractivity contribution is 6.10. The van der Waals surface area contributed by atoms with E-state index >= 15 is 0 Å². The van der Waals surface area contributed by atoms with Gasteiger partial charge in [0.1, 0.15) is 0 Å². The summed E-state index contributed by atoms with van der Waals surface area (Å²) in [6.45, 7) is 2.07. The molecule has 1 aromatic rings. The molecule has 0 spiro atoms. The van der Waals surface area contributed by atoms with Gasteiger partial charge in [0.05, 0.1) is 5.60 Å².